The van der Waals surface area contributed by atoms with Crippen molar-refractivity contribution in [2.75, 3.05) is 7.11 Å². The van der Waals surface area contributed by atoms with Gasteiger partial charge in [0.2, 0.25) is 0 Å². The van der Waals surface area contributed by atoms with Crippen molar-refractivity contribution in [3.05, 3.63) is 0 Å². The summed E-state index contributed by atoms with van der Waals surface area (Å²) >= 11 is 0. The SMILES string of the molecule is CC/C(=N\NOC)C(F)(F)F. The molecule has 0 bridgehead atoms. The molecule has 1 N–H and O–H groups in total. The molecule has 0 rings (SSSR count). The highest BCUT2D eigenvalue weighted by Gasteiger charge is 2.34. The van der Waals surface area contributed by atoms with Crippen LogP contribution in [-0.2, 0) is 4.84 Å². The summed E-state index contributed by atoms with van der Waals surface area (Å²) in [6.07, 6.45) is -4.56. The number of hydrazone groups is 1. The maximum absolute atomic E-state index is 11.8. The van der Waals surface area contributed by atoms with Gasteiger partial charge in [-0.1, -0.05) is 6.92 Å². The van der Waals surface area contributed by atoms with Crippen LogP contribution in [0, 0.1) is 0 Å². The van der Waals surface area contributed by atoms with Gasteiger partial charge in [0, 0.05) is 0 Å². The predicted molar refractivity (Wildman–Crippen MR) is 33.9 cm³/mol. The minimum atomic E-state index is -4.37. The fourth-order valence-electron chi connectivity index (χ4n) is 0.444. The number of nitrogens with one attached hydrogen (secondary N) is 1. The molecule has 0 spiro atoms. The molecule has 0 unspecified atom stereocenters. The van der Waals surface area contributed by atoms with Crippen LogP contribution in [0.3, 0.4) is 0 Å². The van der Waals surface area contributed by atoms with Crippen LogP contribution in [0.1, 0.15) is 13.3 Å². The lowest BCUT2D eigenvalue weighted by molar-refractivity contribution is -0.0621. The first-order valence-electron chi connectivity index (χ1n) is 2.94. The molecular formula is C5H9F3N2O. The normalized spacial score (nSPS) is 13.4. The molecule has 0 radical (unpaired) electrons. The molecule has 66 valence electrons. The summed E-state index contributed by atoms with van der Waals surface area (Å²) in [5, 5.41) is 2.95. The molecule has 0 aromatic rings. The van der Waals surface area contributed by atoms with Crippen LogP contribution < -0.4 is 5.59 Å². The minimum Gasteiger partial charge on any atom is -0.262 e. The maximum atomic E-state index is 11.8. The lowest BCUT2D eigenvalue weighted by Gasteiger charge is -2.07. The van der Waals surface area contributed by atoms with Crippen molar-refractivity contribution < 1.29 is 18.0 Å². The van der Waals surface area contributed by atoms with Crippen molar-refractivity contribution in [2.24, 2.45) is 5.10 Å². The van der Waals surface area contributed by atoms with Crippen molar-refractivity contribution in [1.29, 1.82) is 0 Å². The van der Waals surface area contributed by atoms with Crippen molar-refractivity contribution in [1.82, 2.24) is 5.59 Å². The number of hydrogen-bond donors (Lipinski definition) is 1. The van der Waals surface area contributed by atoms with Gasteiger partial charge in [0.1, 0.15) is 5.71 Å². The highest BCUT2D eigenvalue weighted by molar-refractivity contribution is 5.89. The van der Waals surface area contributed by atoms with Crippen LogP contribution in [0.25, 0.3) is 0 Å². The summed E-state index contributed by atoms with van der Waals surface area (Å²) in [6.45, 7) is 1.36. The largest absolute Gasteiger partial charge is 0.431 e. The molecule has 0 saturated carbocycles. The summed E-state index contributed by atoms with van der Waals surface area (Å²) in [5.41, 5.74) is 0.884. The van der Waals surface area contributed by atoms with Gasteiger partial charge >= 0.3 is 6.18 Å². The van der Waals surface area contributed by atoms with Gasteiger partial charge in [-0.3, -0.25) is 4.84 Å². The van der Waals surface area contributed by atoms with E-state index < -0.39 is 11.9 Å². The molecule has 0 atom stereocenters. The van der Waals surface area contributed by atoms with E-state index in [9.17, 15) is 13.2 Å². The summed E-state index contributed by atoms with van der Waals surface area (Å²) in [7, 11) is 1.19. The molecule has 0 saturated heterocycles. The van der Waals surface area contributed by atoms with Crippen molar-refractivity contribution in [3.8, 4) is 0 Å². The molecule has 3 nitrogen and oxygen atoms in total. The predicted octanol–water partition coefficient (Wildman–Crippen LogP) is 1.47. The number of nitrogens with zero attached hydrogens (tertiary/aromatic N) is 1. The van der Waals surface area contributed by atoms with E-state index in [4.69, 9.17) is 0 Å². The van der Waals surface area contributed by atoms with Crippen molar-refractivity contribution >= 4 is 5.71 Å². The van der Waals surface area contributed by atoms with Gasteiger partial charge in [-0.25, -0.2) is 0 Å². The van der Waals surface area contributed by atoms with Crippen LogP contribution in [0.15, 0.2) is 5.10 Å². The molecule has 0 heterocycles. The average Bonchev–Trinajstić information content (AvgIpc) is 1.87. The number of hydrogen-bond acceptors (Lipinski definition) is 3. The van der Waals surface area contributed by atoms with E-state index in [1.54, 1.807) is 5.59 Å². The first kappa shape index (κ1) is 10.2. The Balaban J connectivity index is 4.16. The molecule has 0 aliphatic carbocycles. The van der Waals surface area contributed by atoms with E-state index in [0.717, 1.165) is 0 Å². The van der Waals surface area contributed by atoms with Crippen LogP contribution in [0.5, 0.6) is 0 Å². The molecule has 0 aromatic carbocycles. The second-order valence-electron chi connectivity index (χ2n) is 1.71. The zero-order chi connectivity index (χ0) is 8.91. The highest BCUT2D eigenvalue weighted by atomic mass is 19.4. The van der Waals surface area contributed by atoms with E-state index in [2.05, 4.69) is 9.94 Å². The first-order chi connectivity index (χ1) is 5.02. The summed E-state index contributed by atoms with van der Waals surface area (Å²) in [6, 6.07) is 0. The Morgan fingerprint density at radius 1 is 1.55 bits per heavy atom. The molecule has 0 aromatic heterocycles. The van der Waals surface area contributed by atoms with Gasteiger partial charge in [-0.05, 0) is 6.42 Å². The zero-order valence-corrected chi connectivity index (χ0v) is 6.20. The fourth-order valence-corrected chi connectivity index (χ4v) is 0.444. The quantitative estimate of drug-likeness (QED) is 0.514. The molecule has 0 fully saturated rings. The molecule has 11 heavy (non-hydrogen) atoms. The third-order valence-electron chi connectivity index (χ3n) is 0.934. The van der Waals surface area contributed by atoms with Gasteiger partial charge in [-0.2, -0.15) is 23.9 Å². The summed E-state index contributed by atoms with van der Waals surface area (Å²) in [5.74, 6) is 0. The van der Waals surface area contributed by atoms with Gasteiger partial charge in [0.05, 0.1) is 7.11 Å². The fraction of sp³-hybridized carbons (Fsp3) is 0.800. The van der Waals surface area contributed by atoms with Gasteiger partial charge in [-0.15, -0.1) is 0 Å². The molecule has 6 heteroatoms. The number of halogens is 3. The Bertz CT molecular complexity index is 143. The van der Waals surface area contributed by atoms with Gasteiger partial charge < -0.3 is 0 Å². The standard InChI is InChI=1S/C5H9F3N2O/c1-3-4(5(6,7)8)9-10-11-2/h10H,3H2,1-2H3/b9-4+. The van der Waals surface area contributed by atoms with E-state index >= 15 is 0 Å². The Morgan fingerprint density at radius 2 is 2.09 bits per heavy atom. The highest BCUT2D eigenvalue weighted by Crippen LogP contribution is 2.18. The first-order valence-corrected chi connectivity index (χ1v) is 2.94. The lowest BCUT2D eigenvalue weighted by Crippen LogP contribution is -2.24. The lowest BCUT2D eigenvalue weighted by atomic mass is 10.3. The van der Waals surface area contributed by atoms with Crippen molar-refractivity contribution in [3.63, 3.8) is 0 Å². The third-order valence-corrected chi connectivity index (χ3v) is 0.934. The second kappa shape index (κ2) is 4.17. The minimum absolute atomic E-state index is 0.181. The molecule has 0 amide bonds. The van der Waals surface area contributed by atoms with E-state index in [0.29, 0.717) is 0 Å². The zero-order valence-electron chi connectivity index (χ0n) is 6.20. The third kappa shape index (κ3) is 3.82. The molecule has 0 aliphatic rings. The van der Waals surface area contributed by atoms with Crippen molar-refractivity contribution in [2.45, 2.75) is 19.5 Å². The van der Waals surface area contributed by atoms with Crippen LogP contribution in [-0.4, -0.2) is 19.0 Å². The Kier molecular flexibility index (Phi) is 3.88. The van der Waals surface area contributed by atoms with E-state index in [-0.39, 0.29) is 6.42 Å². The second-order valence-corrected chi connectivity index (χ2v) is 1.71. The monoisotopic (exact) mass is 170 g/mol. The number of rotatable bonds is 3. The van der Waals surface area contributed by atoms with E-state index in [1.807, 2.05) is 0 Å². The van der Waals surface area contributed by atoms with Gasteiger partial charge in [0.15, 0.2) is 0 Å². The topological polar surface area (TPSA) is 33.6 Å². The Hall–Kier alpha value is -0.780. The summed E-state index contributed by atoms with van der Waals surface area (Å²) in [4.78, 5) is 4.13. The molecule has 0 aliphatic heterocycles. The Labute approximate surface area is 62.2 Å². The number of alkyl halides is 3. The molecular weight excluding hydrogens is 161 g/mol. The van der Waals surface area contributed by atoms with Crippen LogP contribution in [0.4, 0.5) is 13.2 Å². The van der Waals surface area contributed by atoms with Crippen LogP contribution >= 0.6 is 0 Å². The smallest absolute Gasteiger partial charge is 0.262 e. The summed E-state index contributed by atoms with van der Waals surface area (Å²) < 4.78 is 35.5. The maximum Gasteiger partial charge on any atom is 0.431 e. The van der Waals surface area contributed by atoms with Crippen LogP contribution in [0.2, 0.25) is 0 Å². The Morgan fingerprint density at radius 3 is 2.36 bits per heavy atom. The average molecular weight is 170 g/mol. The van der Waals surface area contributed by atoms with Gasteiger partial charge in [0.25, 0.3) is 0 Å². The van der Waals surface area contributed by atoms with E-state index in [1.165, 1.54) is 14.0 Å².